The third-order valence-electron chi connectivity index (χ3n) is 10.7. The summed E-state index contributed by atoms with van der Waals surface area (Å²) in [4.78, 5) is 0. The Balaban J connectivity index is 1.11. The van der Waals surface area contributed by atoms with Crippen LogP contribution in [0.15, 0.2) is 187 Å². The summed E-state index contributed by atoms with van der Waals surface area (Å²) in [5, 5.41) is 11.6. The van der Waals surface area contributed by atoms with Crippen LogP contribution in [0.4, 0.5) is 0 Å². The van der Waals surface area contributed by atoms with E-state index >= 15 is 0 Å². The lowest BCUT2D eigenvalue weighted by Crippen LogP contribution is -2.28. The van der Waals surface area contributed by atoms with Gasteiger partial charge in [-0.05, 0) is 124 Å². The number of rotatable bonds is 5. The molecule has 0 amide bonds. The summed E-state index contributed by atoms with van der Waals surface area (Å²) in [5.41, 5.74) is 11.2. The highest BCUT2D eigenvalue weighted by Gasteiger charge is 2.16. The van der Waals surface area contributed by atoms with Gasteiger partial charge in [0.2, 0.25) is 0 Å². The fourth-order valence-corrected chi connectivity index (χ4v) is 8.26. The van der Waals surface area contributed by atoms with Crippen LogP contribution in [0.2, 0.25) is 0 Å². The molecule has 1 aromatic heterocycles. The summed E-state index contributed by atoms with van der Waals surface area (Å²) >= 11 is 0. The molecule has 0 radical (unpaired) electrons. The molecule has 0 bridgehead atoms. The quantitative estimate of drug-likeness (QED) is 0.177. The molecule has 0 unspecified atom stereocenters. The molecule has 0 aliphatic rings. The van der Waals surface area contributed by atoms with Crippen molar-refractivity contribution in [2.45, 2.75) is 0 Å². The normalized spacial score (nSPS) is 12.0. The van der Waals surface area contributed by atoms with E-state index in [2.05, 4.69) is 170 Å². The van der Waals surface area contributed by atoms with Gasteiger partial charge in [0.25, 0.3) is 0 Å². The van der Waals surface area contributed by atoms with Crippen molar-refractivity contribution < 1.29 is 4.42 Å². The second-order valence-electron chi connectivity index (χ2n) is 13.8. The van der Waals surface area contributed by atoms with Crippen LogP contribution in [0.1, 0.15) is 0 Å². The Morgan fingerprint density at radius 2 is 0.981 bits per heavy atom. The molecule has 0 spiro atoms. The molecule has 1 heterocycles. The SMILES string of the molecule is C=C/C=c1/c(-c2cccc(-c3cccc4ccccc34)c2)c2ccccc2c(-c2ccc3cc(-c4ccc5oc6ccccc6c5c4)ccc3c2)c1=C. The maximum atomic E-state index is 6.09. The minimum absolute atomic E-state index is 0.910. The van der Waals surface area contributed by atoms with Crippen molar-refractivity contribution in [2.75, 3.05) is 0 Å². The average molecular weight is 675 g/mol. The summed E-state index contributed by atoms with van der Waals surface area (Å²) in [6.45, 7) is 8.89. The molecule has 0 saturated carbocycles. The third-order valence-corrected chi connectivity index (χ3v) is 10.7. The molecular formula is C52H34O. The van der Waals surface area contributed by atoms with Gasteiger partial charge in [0.15, 0.2) is 0 Å². The first-order valence-corrected chi connectivity index (χ1v) is 18.1. The monoisotopic (exact) mass is 674 g/mol. The van der Waals surface area contributed by atoms with E-state index in [4.69, 9.17) is 11.0 Å². The molecule has 1 heteroatoms. The van der Waals surface area contributed by atoms with Crippen LogP contribution in [-0.2, 0) is 0 Å². The molecule has 0 atom stereocenters. The summed E-state index contributed by atoms with van der Waals surface area (Å²) < 4.78 is 6.09. The van der Waals surface area contributed by atoms with Gasteiger partial charge in [0, 0.05) is 10.8 Å². The molecule has 10 aromatic rings. The zero-order valence-electron chi connectivity index (χ0n) is 29.1. The van der Waals surface area contributed by atoms with Gasteiger partial charge in [-0.2, -0.15) is 0 Å². The van der Waals surface area contributed by atoms with Gasteiger partial charge in [-0.1, -0.05) is 159 Å². The highest BCUT2D eigenvalue weighted by atomic mass is 16.3. The summed E-state index contributed by atoms with van der Waals surface area (Å²) in [7, 11) is 0. The van der Waals surface area contributed by atoms with Crippen LogP contribution in [0.3, 0.4) is 0 Å². The van der Waals surface area contributed by atoms with E-state index in [0.717, 1.165) is 49.1 Å². The fourth-order valence-electron chi connectivity index (χ4n) is 8.26. The van der Waals surface area contributed by atoms with Gasteiger partial charge >= 0.3 is 0 Å². The highest BCUT2D eigenvalue weighted by molar-refractivity contribution is 6.08. The molecule has 248 valence electrons. The number of hydrogen-bond donors (Lipinski definition) is 0. The molecule has 0 aliphatic carbocycles. The lowest BCUT2D eigenvalue weighted by Gasteiger charge is -2.17. The maximum absolute atomic E-state index is 6.09. The molecule has 0 fully saturated rings. The van der Waals surface area contributed by atoms with E-state index in [1.54, 1.807) is 0 Å². The van der Waals surface area contributed by atoms with Crippen LogP contribution in [0.25, 0.3) is 111 Å². The fraction of sp³-hybridized carbons (Fsp3) is 0. The number of furan rings is 1. The molecule has 10 rings (SSSR count). The van der Waals surface area contributed by atoms with Gasteiger partial charge < -0.3 is 4.42 Å². The molecule has 9 aromatic carbocycles. The van der Waals surface area contributed by atoms with Crippen molar-refractivity contribution >= 4 is 66.9 Å². The van der Waals surface area contributed by atoms with Gasteiger partial charge in [-0.3, -0.25) is 0 Å². The van der Waals surface area contributed by atoms with Crippen molar-refractivity contribution in [3.8, 4) is 44.5 Å². The highest BCUT2D eigenvalue weighted by Crippen LogP contribution is 2.37. The van der Waals surface area contributed by atoms with Crippen LogP contribution in [-0.4, -0.2) is 0 Å². The first-order valence-electron chi connectivity index (χ1n) is 18.1. The molecule has 0 aliphatic heterocycles. The van der Waals surface area contributed by atoms with Gasteiger partial charge in [0.05, 0.1) is 0 Å². The number of fused-ring (bicyclic) bond motifs is 6. The molecule has 0 N–H and O–H groups in total. The van der Waals surface area contributed by atoms with E-state index in [1.165, 1.54) is 60.1 Å². The minimum Gasteiger partial charge on any atom is -0.456 e. The predicted molar refractivity (Wildman–Crippen MR) is 227 cm³/mol. The van der Waals surface area contributed by atoms with Gasteiger partial charge in [0.1, 0.15) is 11.2 Å². The predicted octanol–water partition coefficient (Wildman–Crippen LogP) is 13.1. The molecule has 1 nitrogen and oxygen atoms in total. The zero-order chi connectivity index (χ0) is 35.5. The Labute approximate surface area is 307 Å². The first-order chi connectivity index (χ1) is 26.1. The largest absolute Gasteiger partial charge is 0.456 e. The number of hydrogen-bond acceptors (Lipinski definition) is 1. The standard InChI is InChI=1S/C52H34O/c1-3-12-42-33(2)51(41-26-25-35-29-36(23-24-37(35)30-41)38-27-28-50-48(32-38)45-18-8-9-22-49(45)53-50)46-19-6-7-20-47(46)52(42)40-16-10-15-39(31-40)44-21-11-14-34-13-4-5-17-43(34)44/h3-32H,1-2H2/b42-12+. The van der Waals surface area contributed by atoms with E-state index in [1.807, 2.05) is 18.2 Å². The molecular weight excluding hydrogens is 641 g/mol. The van der Waals surface area contributed by atoms with Crippen LogP contribution in [0, 0.1) is 0 Å². The van der Waals surface area contributed by atoms with E-state index in [9.17, 15) is 0 Å². The Morgan fingerprint density at radius 3 is 1.81 bits per heavy atom. The first kappa shape index (κ1) is 30.8. The van der Waals surface area contributed by atoms with Crippen molar-refractivity contribution in [1.29, 1.82) is 0 Å². The number of para-hydroxylation sites is 1. The van der Waals surface area contributed by atoms with Crippen molar-refractivity contribution in [3.63, 3.8) is 0 Å². The van der Waals surface area contributed by atoms with E-state index in [-0.39, 0.29) is 0 Å². The van der Waals surface area contributed by atoms with Crippen molar-refractivity contribution in [1.82, 2.24) is 0 Å². The Kier molecular flexibility index (Phi) is 7.19. The number of benzene rings is 9. The van der Waals surface area contributed by atoms with Crippen LogP contribution < -0.4 is 10.4 Å². The second kappa shape index (κ2) is 12.4. The topological polar surface area (TPSA) is 13.1 Å². The van der Waals surface area contributed by atoms with Crippen molar-refractivity contribution in [3.05, 3.63) is 193 Å². The Morgan fingerprint density at radius 1 is 0.396 bits per heavy atom. The van der Waals surface area contributed by atoms with Crippen molar-refractivity contribution in [2.24, 2.45) is 0 Å². The lowest BCUT2D eigenvalue weighted by molar-refractivity contribution is 0.669. The maximum Gasteiger partial charge on any atom is 0.135 e. The Bertz CT molecular complexity index is 3210. The van der Waals surface area contributed by atoms with Gasteiger partial charge in [-0.15, -0.1) is 0 Å². The molecule has 53 heavy (non-hydrogen) atoms. The smallest absolute Gasteiger partial charge is 0.135 e. The van der Waals surface area contributed by atoms with Gasteiger partial charge in [-0.25, -0.2) is 0 Å². The summed E-state index contributed by atoms with van der Waals surface area (Å²) in [6, 6.07) is 61.1. The summed E-state index contributed by atoms with van der Waals surface area (Å²) in [6.07, 6.45) is 4.00. The van der Waals surface area contributed by atoms with E-state index < -0.39 is 0 Å². The second-order valence-corrected chi connectivity index (χ2v) is 13.8. The zero-order valence-corrected chi connectivity index (χ0v) is 29.1. The van der Waals surface area contributed by atoms with Crippen LogP contribution in [0.5, 0.6) is 0 Å². The van der Waals surface area contributed by atoms with Crippen LogP contribution >= 0.6 is 0 Å². The average Bonchev–Trinajstić information content (AvgIpc) is 3.59. The Hall–Kier alpha value is -6.96. The molecule has 0 saturated heterocycles. The third kappa shape index (κ3) is 5.09. The number of allylic oxidation sites excluding steroid dienone is 1. The van der Waals surface area contributed by atoms with E-state index in [0.29, 0.717) is 0 Å². The minimum atomic E-state index is 0.910. The summed E-state index contributed by atoms with van der Waals surface area (Å²) in [5.74, 6) is 0. The lowest BCUT2D eigenvalue weighted by atomic mass is 9.87.